The van der Waals surface area contributed by atoms with Gasteiger partial charge in [0.05, 0.1) is 17.7 Å². The quantitative estimate of drug-likeness (QED) is 0.691. The Kier molecular flexibility index (Phi) is 6.31. The van der Waals surface area contributed by atoms with E-state index in [1.54, 1.807) is 49.3 Å². The van der Waals surface area contributed by atoms with Crippen molar-refractivity contribution in [1.82, 2.24) is 4.31 Å². The van der Waals surface area contributed by atoms with Crippen LogP contribution in [0, 0.1) is 6.92 Å². The summed E-state index contributed by atoms with van der Waals surface area (Å²) in [5.41, 5.74) is 1.59. The SMILES string of the molecule is CCN(C(=O)C1CCCN1S(=O)(=O)c1cc2c(cc1C)NC(=O)CO2)c1ccc(OC)cc1. The highest BCUT2D eigenvalue weighted by atomic mass is 32.2. The molecular weight excluding hydrogens is 446 g/mol. The van der Waals surface area contributed by atoms with E-state index in [-0.39, 0.29) is 29.9 Å². The Hall–Kier alpha value is -3.11. The molecular formula is C23H27N3O6S. The summed E-state index contributed by atoms with van der Waals surface area (Å²) in [6.45, 7) is 4.01. The van der Waals surface area contributed by atoms with Crippen LogP contribution >= 0.6 is 0 Å². The molecule has 176 valence electrons. The van der Waals surface area contributed by atoms with E-state index in [1.165, 1.54) is 10.4 Å². The first-order valence-corrected chi connectivity index (χ1v) is 12.2. The van der Waals surface area contributed by atoms with E-state index in [4.69, 9.17) is 9.47 Å². The largest absolute Gasteiger partial charge is 0.497 e. The standard InChI is InChI=1S/C23H27N3O6S/c1-4-25(16-7-9-17(31-3)10-8-16)23(28)19-6-5-11-26(19)33(29,30)21-13-20-18(12-15(21)2)24-22(27)14-32-20/h7-10,12-13,19H,4-6,11,14H2,1-3H3,(H,24,27). The fourth-order valence-electron chi connectivity index (χ4n) is 4.30. The van der Waals surface area contributed by atoms with Gasteiger partial charge in [-0.05, 0) is 62.6 Å². The predicted molar refractivity (Wildman–Crippen MR) is 123 cm³/mol. The summed E-state index contributed by atoms with van der Waals surface area (Å²) in [4.78, 5) is 26.7. The number of methoxy groups -OCH3 is 1. The highest BCUT2D eigenvalue weighted by Crippen LogP contribution is 2.36. The summed E-state index contributed by atoms with van der Waals surface area (Å²) in [6.07, 6.45) is 1.04. The average Bonchev–Trinajstić information content (AvgIpc) is 3.30. The number of ether oxygens (including phenoxy) is 2. The number of sulfonamides is 1. The second kappa shape index (κ2) is 9.03. The molecule has 9 nitrogen and oxygen atoms in total. The second-order valence-electron chi connectivity index (χ2n) is 8.01. The summed E-state index contributed by atoms with van der Waals surface area (Å²) in [7, 11) is -2.40. The van der Waals surface area contributed by atoms with E-state index in [1.807, 2.05) is 6.92 Å². The molecule has 0 saturated carbocycles. The molecule has 0 spiro atoms. The molecule has 0 aromatic heterocycles. The van der Waals surface area contributed by atoms with Crippen LogP contribution in [0.15, 0.2) is 41.3 Å². The molecule has 1 saturated heterocycles. The van der Waals surface area contributed by atoms with Crippen molar-refractivity contribution in [2.45, 2.75) is 37.6 Å². The number of rotatable bonds is 6. The number of nitrogens with one attached hydrogen (secondary N) is 1. The van der Waals surface area contributed by atoms with Crippen molar-refractivity contribution in [3.05, 3.63) is 42.0 Å². The monoisotopic (exact) mass is 473 g/mol. The van der Waals surface area contributed by atoms with Gasteiger partial charge in [-0.2, -0.15) is 4.31 Å². The van der Waals surface area contributed by atoms with Crippen molar-refractivity contribution in [2.24, 2.45) is 0 Å². The van der Waals surface area contributed by atoms with Crippen LogP contribution in [-0.2, 0) is 19.6 Å². The Morgan fingerprint density at radius 2 is 2.00 bits per heavy atom. The zero-order valence-corrected chi connectivity index (χ0v) is 19.6. The van der Waals surface area contributed by atoms with Gasteiger partial charge >= 0.3 is 0 Å². The number of fused-ring (bicyclic) bond motifs is 1. The maximum absolute atomic E-state index is 13.6. The molecule has 0 bridgehead atoms. The van der Waals surface area contributed by atoms with Gasteiger partial charge in [0.15, 0.2) is 6.61 Å². The van der Waals surface area contributed by atoms with Crippen LogP contribution in [0.5, 0.6) is 11.5 Å². The molecule has 1 unspecified atom stereocenters. The minimum Gasteiger partial charge on any atom is -0.497 e. The smallest absolute Gasteiger partial charge is 0.262 e. The van der Waals surface area contributed by atoms with Crippen LogP contribution in [0.1, 0.15) is 25.3 Å². The maximum atomic E-state index is 13.6. The van der Waals surface area contributed by atoms with Gasteiger partial charge in [0, 0.05) is 24.8 Å². The molecule has 2 heterocycles. The van der Waals surface area contributed by atoms with E-state index in [0.717, 1.165) is 0 Å². The number of nitrogens with zero attached hydrogens (tertiary/aromatic N) is 2. The molecule has 2 aromatic carbocycles. The lowest BCUT2D eigenvalue weighted by molar-refractivity contribution is -0.121. The first kappa shape index (κ1) is 23.1. The lowest BCUT2D eigenvalue weighted by Gasteiger charge is -2.30. The Morgan fingerprint density at radius 1 is 1.27 bits per heavy atom. The van der Waals surface area contributed by atoms with Gasteiger partial charge in [-0.3, -0.25) is 9.59 Å². The first-order chi connectivity index (χ1) is 15.8. The summed E-state index contributed by atoms with van der Waals surface area (Å²) in [5, 5.41) is 2.68. The van der Waals surface area contributed by atoms with Gasteiger partial charge in [-0.1, -0.05) is 0 Å². The lowest BCUT2D eigenvalue weighted by Crippen LogP contribution is -2.48. The molecule has 4 rings (SSSR count). The third kappa shape index (κ3) is 4.28. The highest BCUT2D eigenvalue weighted by molar-refractivity contribution is 7.89. The van der Waals surface area contributed by atoms with E-state index < -0.39 is 16.1 Å². The Balaban J connectivity index is 1.64. The van der Waals surface area contributed by atoms with Crippen LogP contribution in [0.2, 0.25) is 0 Å². The van der Waals surface area contributed by atoms with Crippen LogP contribution in [0.4, 0.5) is 11.4 Å². The number of hydrogen-bond donors (Lipinski definition) is 1. The van der Waals surface area contributed by atoms with E-state index in [0.29, 0.717) is 47.8 Å². The van der Waals surface area contributed by atoms with Crippen molar-refractivity contribution in [2.75, 3.05) is 37.0 Å². The van der Waals surface area contributed by atoms with Gasteiger partial charge in [0.25, 0.3) is 5.91 Å². The molecule has 10 heteroatoms. The first-order valence-electron chi connectivity index (χ1n) is 10.8. The zero-order chi connectivity index (χ0) is 23.8. The normalized spacial score (nSPS) is 18.3. The summed E-state index contributed by atoms with van der Waals surface area (Å²) >= 11 is 0. The number of amides is 2. The fraction of sp³-hybridized carbons (Fsp3) is 0.391. The topological polar surface area (TPSA) is 105 Å². The van der Waals surface area contributed by atoms with E-state index in [9.17, 15) is 18.0 Å². The molecule has 2 amide bonds. The van der Waals surface area contributed by atoms with Crippen LogP contribution in [0.3, 0.4) is 0 Å². The fourth-order valence-corrected chi connectivity index (χ4v) is 6.18. The van der Waals surface area contributed by atoms with Gasteiger partial charge in [0.1, 0.15) is 17.5 Å². The lowest BCUT2D eigenvalue weighted by atomic mass is 10.2. The molecule has 1 fully saturated rings. The summed E-state index contributed by atoms with van der Waals surface area (Å²) in [5.74, 6) is 0.423. The maximum Gasteiger partial charge on any atom is 0.262 e. The van der Waals surface area contributed by atoms with E-state index in [2.05, 4.69) is 5.32 Å². The molecule has 33 heavy (non-hydrogen) atoms. The van der Waals surface area contributed by atoms with Crippen molar-refractivity contribution >= 4 is 33.2 Å². The number of carbonyl (C=O) groups is 2. The molecule has 2 aliphatic rings. The molecule has 0 radical (unpaired) electrons. The zero-order valence-electron chi connectivity index (χ0n) is 18.8. The van der Waals surface area contributed by atoms with Crippen molar-refractivity contribution < 1.29 is 27.5 Å². The van der Waals surface area contributed by atoms with Crippen LogP contribution < -0.4 is 19.7 Å². The number of aryl methyl sites for hydroxylation is 1. The molecule has 2 aliphatic heterocycles. The number of benzene rings is 2. The third-order valence-electron chi connectivity index (χ3n) is 5.95. The van der Waals surface area contributed by atoms with E-state index >= 15 is 0 Å². The average molecular weight is 474 g/mol. The number of hydrogen-bond acceptors (Lipinski definition) is 6. The minimum atomic E-state index is -3.97. The van der Waals surface area contributed by atoms with Gasteiger partial charge in [-0.15, -0.1) is 0 Å². The minimum absolute atomic E-state index is 0.0737. The van der Waals surface area contributed by atoms with Crippen molar-refractivity contribution in [3.63, 3.8) is 0 Å². The molecule has 2 aromatic rings. The highest BCUT2D eigenvalue weighted by Gasteiger charge is 2.42. The van der Waals surface area contributed by atoms with Gasteiger partial charge < -0.3 is 19.7 Å². The Morgan fingerprint density at radius 3 is 2.67 bits per heavy atom. The van der Waals surface area contributed by atoms with Crippen molar-refractivity contribution in [3.8, 4) is 11.5 Å². The molecule has 1 N–H and O–H groups in total. The molecule has 0 aliphatic carbocycles. The number of anilines is 2. The van der Waals surface area contributed by atoms with Gasteiger partial charge in [-0.25, -0.2) is 8.42 Å². The van der Waals surface area contributed by atoms with Crippen LogP contribution in [-0.4, -0.2) is 57.4 Å². The third-order valence-corrected chi connectivity index (χ3v) is 8.00. The van der Waals surface area contributed by atoms with Crippen molar-refractivity contribution in [1.29, 1.82) is 0 Å². The number of likely N-dealkylation sites (N-methyl/N-ethyl adjacent to an activating group) is 1. The Bertz CT molecular complexity index is 1180. The second-order valence-corrected chi connectivity index (χ2v) is 9.86. The van der Waals surface area contributed by atoms with Gasteiger partial charge in [0.2, 0.25) is 15.9 Å². The molecule has 1 atom stereocenters. The predicted octanol–water partition coefficient (Wildman–Crippen LogP) is 2.54. The van der Waals surface area contributed by atoms with Crippen LogP contribution in [0.25, 0.3) is 0 Å². The summed E-state index contributed by atoms with van der Waals surface area (Å²) < 4.78 is 39.2. The number of carbonyl (C=O) groups excluding carboxylic acids is 2. The summed E-state index contributed by atoms with van der Waals surface area (Å²) in [6, 6.07) is 9.32. The Labute approximate surface area is 193 Å².